The first-order chi connectivity index (χ1) is 12.4. The Bertz CT molecular complexity index is 1020. The maximum atomic E-state index is 11.7. The van der Waals surface area contributed by atoms with E-state index in [4.69, 9.17) is 15.6 Å². The number of aromatic amines is 2. The third kappa shape index (κ3) is 3.80. The van der Waals surface area contributed by atoms with Gasteiger partial charge in [0.15, 0.2) is 0 Å². The summed E-state index contributed by atoms with van der Waals surface area (Å²) < 4.78 is 5.06. The van der Waals surface area contributed by atoms with Crippen molar-refractivity contribution in [3.05, 3.63) is 51.9 Å². The van der Waals surface area contributed by atoms with E-state index < -0.39 is 12.1 Å². The predicted molar refractivity (Wildman–Crippen MR) is 93.2 cm³/mol. The smallest absolute Gasteiger partial charge is 0.411 e. The summed E-state index contributed by atoms with van der Waals surface area (Å²) in [5.41, 5.74) is 6.69. The predicted octanol–water partition coefficient (Wildman–Crippen LogP) is 1.32. The van der Waals surface area contributed by atoms with Gasteiger partial charge in [0.2, 0.25) is 5.95 Å². The molecule has 6 N–H and O–H groups in total. The van der Waals surface area contributed by atoms with Gasteiger partial charge in [-0.15, -0.1) is 0 Å². The van der Waals surface area contributed by atoms with Crippen molar-refractivity contribution >= 4 is 34.7 Å². The Kier molecular flexibility index (Phi) is 4.56. The van der Waals surface area contributed by atoms with E-state index in [0.717, 1.165) is 0 Å². The Hall–Kier alpha value is -3.82. The molecule has 3 aromatic rings. The molecular formula is C16H15N5O5. The van der Waals surface area contributed by atoms with E-state index >= 15 is 0 Å². The second kappa shape index (κ2) is 6.97. The van der Waals surface area contributed by atoms with Gasteiger partial charge >= 0.3 is 12.1 Å². The molecule has 0 aliphatic rings. The average molecular weight is 357 g/mol. The maximum Gasteiger partial charge on any atom is 0.411 e. The van der Waals surface area contributed by atoms with Crippen LogP contribution >= 0.6 is 0 Å². The van der Waals surface area contributed by atoms with Crippen LogP contribution < -0.4 is 16.6 Å². The van der Waals surface area contributed by atoms with Gasteiger partial charge in [0, 0.05) is 17.8 Å². The molecule has 10 heteroatoms. The average Bonchev–Trinajstić information content (AvgIpc) is 2.98. The van der Waals surface area contributed by atoms with Gasteiger partial charge in [-0.1, -0.05) is 0 Å². The number of amides is 1. The van der Waals surface area contributed by atoms with Crippen LogP contribution in [-0.4, -0.2) is 38.7 Å². The van der Waals surface area contributed by atoms with E-state index in [9.17, 15) is 14.4 Å². The molecular weight excluding hydrogens is 342 g/mol. The van der Waals surface area contributed by atoms with E-state index in [2.05, 4.69) is 20.3 Å². The van der Waals surface area contributed by atoms with Gasteiger partial charge in [0.25, 0.3) is 5.56 Å². The van der Waals surface area contributed by atoms with E-state index in [0.29, 0.717) is 28.8 Å². The fourth-order valence-electron chi connectivity index (χ4n) is 2.33. The summed E-state index contributed by atoms with van der Waals surface area (Å²) in [4.78, 5) is 43.6. The number of nitrogens with two attached hydrogens (primary N) is 1. The Morgan fingerprint density at radius 1 is 1.23 bits per heavy atom. The van der Waals surface area contributed by atoms with Crippen LogP contribution in [0, 0.1) is 0 Å². The van der Waals surface area contributed by atoms with E-state index in [1.54, 1.807) is 6.07 Å². The Morgan fingerprint density at radius 3 is 2.65 bits per heavy atom. The van der Waals surface area contributed by atoms with E-state index in [-0.39, 0.29) is 23.7 Å². The summed E-state index contributed by atoms with van der Waals surface area (Å²) in [6.07, 6.45) is -0.328. The van der Waals surface area contributed by atoms with Crippen molar-refractivity contribution in [3.63, 3.8) is 0 Å². The number of carbonyl (C=O) groups is 2. The van der Waals surface area contributed by atoms with E-state index in [1.165, 1.54) is 24.3 Å². The molecule has 1 amide bonds. The highest BCUT2D eigenvalue weighted by Gasteiger charge is 2.09. The number of benzene rings is 1. The molecule has 0 saturated carbocycles. The lowest BCUT2D eigenvalue weighted by Gasteiger charge is -2.06. The molecule has 0 radical (unpaired) electrons. The molecule has 0 fully saturated rings. The zero-order valence-corrected chi connectivity index (χ0v) is 13.4. The zero-order valence-electron chi connectivity index (χ0n) is 13.4. The standard InChI is InChI=1S/C16H15N5O5/c17-15-20-12-11(13(22)21-15)7-10(18-12)5-6-26-16(25)19-9-3-1-8(2-4-9)14(23)24/h1-4,7H,5-6H2,(H,19,25)(H,23,24)(H4,17,18,20,21,22). The fraction of sp³-hybridized carbons (Fsp3) is 0.125. The topological polar surface area (TPSA) is 163 Å². The number of carbonyl (C=O) groups excluding carboxylic acids is 1. The Morgan fingerprint density at radius 2 is 1.96 bits per heavy atom. The minimum Gasteiger partial charge on any atom is -0.478 e. The molecule has 2 aromatic heterocycles. The normalized spacial score (nSPS) is 10.6. The molecule has 134 valence electrons. The Balaban J connectivity index is 1.54. The van der Waals surface area contributed by atoms with E-state index in [1.807, 2.05) is 0 Å². The van der Waals surface area contributed by atoms with Crippen LogP contribution in [0.25, 0.3) is 11.0 Å². The second-order valence-electron chi connectivity index (χ2n) is 5.40. The number of nitrogens with zero attached hydrogens (tertiary/aromatic N) is 1. The highest BCUT2D eigenvalue weighted by Crippen LogP contribution is 2.11. The number of anilines is 2. The quantitative estimate of drug-likeness (QED) is 0.459. The second-order valence-corrected chi connectivity index (χ2v) is 5.40. The lowest BCUT2D eigenvalue weighted by molar-refractivity contribution is 0.0697. The third-order valence-corrected chi connectivity index (χ3v) is 3.55. The first kappa shape index (κ1) is 17.0. The third-order valence-electron chi connectivity index (χ3n) is 3.55. The molecule has 0 bridgehead atoms. The summed E-state index contributed by atoms with van der Waals surface area (Å²) in [7, 11) is 0. The minimum absolute atomic E-state index is 0.0143. The summed E-state index contributed by atoms with van der Waals surface area (Å²) in [5.74, 6) is -1.03. The number of H-pyrrole nitrogens is 2. The molecule has 1 aromatic carbocycles. The highest BCUT2D eigenvalue weighted by atomic mass is 16.5. The molecule has 0 unspecified atom stereocenters. The maximum absolute atomic E-state index is 11.7. The number of carboxylic acid groups (broad SMARTS) is 1. The number of fused-ring (bicyclic) bond motifs is 1. The number of nitrogen functional groups attached to an aromatic ring is 1. The summed E-state index contributed by atoms with van der Waals surface area (Å²) in [6.45, 7) is 0.0687. The van der Waals surface area contributed by atoms with Crippen LogP contribution in [0.4, 0.5) is 16.4 Å². The van der Waals surface area contributed by atoms with Crippen LogP contribution in [0.5, 0.6) is 0 Å². The van der Waals surface area contributed by atoms with Crippen molar-refractivity contribution < 1.29 is 19.4 Å². The van der Waals surface area contributed by atoms with Gasteiger partial charge in [-0.25, -0.2) is 9.59 Å². The monoisotopic (exact) mass is 357 g/mol. The summed E-state index contributed by atoms with van der Waals surface area (Å²) in [5, 5.41) is 11.7. The Labute approximate surface area is 146 Å². The van der Waals surface area contributed by atoms with Crippen molar-refractivity contribution in [1.82, 2.24) is 15.0 Å². The number of hydrogen-bond donors (Lipinski definition) is 5. The van der Waals surface area contributed by atoms with Crippen molar-refractivity contribution in [2.45, 2.75) is 6.42 Å². The number of rotatable bonds is 5. The van der Waals surface area contributed by atoms with Crippen molar-refractivity contribution in [2.75, 3.05) is 17.7 Å². The zero-order chi connectivity index (χ0) is 18.7. The molecule has 26 heavy (non-hydrogen) atoms. The van der Waals surface area contributed by atoms with Gasteiger partial charge in [-0.2, -0.15) is 4.98 Å². The number of aromatic carboxylic acids is 1. The summed E-state index contributed by atoms with van der Waals surface area (Å²) >= 11 is 0. The SMILES string of the molecule is Nc1nc2[nH]c(CCOC(=O)Nc3ccc(C(=O)O)cc3)cc2c(=O)[nH]1. The highest BCUT2D eigenvalue weighted by molar-refractivity contribution is 5.89. The molecule has 0 saturated heterocycles. The van der Waals surface area contributed by atoms with Crippen LogP contribution in [0.3, 0.4) is 0 Å². The first-order valence-electron chi connectivity index (χ1n) is 7.57. The number of nitrogens with one attached hydrogen (secondary N) is 3. The number of hydrogen-bond acceptors (Lipinski definition) is 6. The molecule has 0 spiro atoms. The van der Waals surface area contributed by atoms with Gasteiger partial charge in [0.1, 0.15) is 5.65 Å². The molecule has 0 aliphatic carbocycles. The number of ether oxygens (including phenoxy) is 1. The lowest BCUT2D eigenvalue weighted by atomic mass is 10.2. The van der Waals surface area contributed by atoms with Crippen LogP contribution in [0.1, 0.15) is 16.1 Å². The summed E-state index contributed by atoms with van der Waals surface area (Å²) in [6, 6.07) is 7.29. The van der Waals surface area contributed by atoms with Crippen LogP contribution in [0.15, 0.2) is 35.1 Å². The molecule has 0 aliphatic heterocycles. The van der Waals surface area contributed by atoms with Crippen molar-refractivity contribution in [2.24, 2.45) is 0 Å². The van der Waals surface area contributed by atoms with Gasteiger partial charge in [-0.05, 0) is 30.3 Å². The largest absolute Gasteiger partial charge is 0.478 e. The van der Waals surface area contributed by atoms with Gasteiger partial charge in [-0.3, -0.25) is 15.1 Å². The minimum atomic E-state index is -1.05. The molecule has 3 rings (SSSR count). The first-order valence-corrected chi connectivity index (χ1v) is 7.57. The number of carboxylic acids is 1. The van der Waals surface area contributed by atoms with Crippen LogP contribution in [0.2, 0.25) is 0 Å². The van der Waals surface area contributed by atoms with Gasteiger partial charge in [0.05, 0.1) is 17.6 Å². The molecule has 0 atom stereocenters. The molecule has 2 heterocycles. The fourth-order valence-corrected chi connectivity index (χ4v) is 2.33. The lowest BCUT2D eigenvalue weighted by Crippen LogP contribution is -2.15. The van der Waals surface area contributed by atoms with Gasteiger partial charge < -0.3 is 20.6 Å². The number of aromatic nitrogens is 3. The van der Waals surface area contributed by atoms with Crippen LogP contribution in [-0.2, 0) is 11.2 Å². The van der Waals surface area contributed by atoms with Crippen molar-refractivity contribution in [1.29, 1.82) is 0 Å². The molecule has 10 nitrogen and oxygen atoms in total. The van der Waals surface area contributed by atoms with Crippen molar-refractivity contribution in [3.8, 4) is 0 Å².